The molecule has 1 aromatic carbocycles. The Morgan fingerprint density at radius 2 is 2.10 bits per heavy atom. The fourth-order valence-electron chi connectivity index (χ4n) is 2.50. The van der Waals surface area contributed by atoms with Crippen molar-refractivity contribution >= 4 is 0 Å². The number of phenols is 1. The zero-order valence-corrected chi connectivity index (χ0v) is 12.3. The molecule has 1 unspecified atom stereocenters. The van der Waals surface area contributed by atoms with Crippen LogP contribution in [0.4, 0.5) is 0 Å². The normalized spacial score (nSPS) is 17.9. The maximum absolute atomic E-state index is 10.2. The summed E-state index contributed by atoms with van der Waals surface area (Å²) in [5, 5.41) is 10.2. The molecule has 5 heteroatoms. The van der Waals surface area contributed by atoms with Crippen LogP contribution in [0.15, 0.2) is 12.1 Å². The molecule has 0 spiro atoms. The molecule has 20 heavy (non-hydrogen) atoms. The first-order chi connectivity index (χ1) is 9.60. The third kappa shape index (κ3) is 3.85. The lowest BCUT2D eigenvalue weighted by Crippen LogP contribution is -2.35. The van der Waals surface area contributed by atoms with Gasteiger partial charge in [0, 0.05) is 25.7 Å². The number of nitrogens with zero attached hydrogens (tertiary/aromatic N) is 1. The molecule has 3 N–H and O–H groups in total. The number of methoxy groups -OCH3 is 1. The summed E-state index contributed by atoms with van der Waals surface area (Å²) < 4.78 is 10.6. The molecule has 0 radical (unpaired) electrons. The fourth-order valence-corrected chi connectivity index (χ4v) is 2.50. The summed E-state index contributed by atoms with van der Waals surface area (Å²) in [6.07, 6.45) is 0.638. The van der Waals surface area contributed by atoms with Gasteiger partial charge < -0.3 is 20.3 Å². The lowest BCUT2D eigenvalue weighted by Gasteiger charge is -2.27. The lowest BCUT2D eigenvalue weighted by molar-refractivity contribution is 0.0341. The first-order valence-corrected chi connectivity index (χ1v) is 7.04. The Morgan fingerprint density at radius 3 is 2.70 bits per heavy atom. The van der Waals surface area contributed by atoms with E-state index in [1.165, 1.54) is 0 Å². The molecular weight excluding hydrogens is 256 g/mol. The minimum Gasteiger partial charge on any atom is -0.504 e. The predicted octanol–water partition coefficient (Wildman–Crippen LogP) is 1.12. The quantitative estimate of drug-likeness (QED) is 0.846. The van der Waals surface area contributed by atoms with Crippen LogP contribution in [0.2, 0.25) is 0 Å². The summed E-state index contributed by atoms with van der Waals surface area (Å²) in [7, 11) is 1.57. The molecule has 0 saturated carbocycles. The summed E-state index contributed by atoms with van der Waals surface area (Å²) in [6, 6.07) is 3.93. The van der Waals surface area contributed by atoms with Gasteiger partial charge >= 0.3 is 0 Å². The molecule has 0 bridgehead atoms. The van der Waals surface area contributed by atoms with Crippen LogP contribution in [-0.2, 0) is 17.7 Å². The van der Waals surface area contributed by atoms with E-state index in [1.54, 1.807) is 7.11 Å². The van der Waals surface area contributed by atoms with Gasteiger partial charge in [0.15, 0.2) is 11.5 Å². The van der Waals surface area contributed by atoms with Crippen molar-refractivity contribution in [2.24, 2.45) is 5.73 Å². The molecule has 0 aliphatic carbocycles. The summed E-state index contributed by atoms with van der Waals surface area (Å²) in [5.74, 6) is 0.724. The molecular formula is C15H24N2O3. The Morgan fingerprint density at radius 1 is 1.40 bits per heavy atom. The molecule has 1 aromatic rings. The maximum Gasteiger partial charge on any atom is 0.161 e. The monoisotopic (exact) mass is 280 g/mol. The highest BCUT2D eigenvalue weighted by atomic mass is 16.5. The predicted molar refractivity (Wildman–Crippen MR) is 78.1 cm³/mol. The van der Waals surface area contributed by atoms with Crippen LogP contribution >= 0.6 is 0 Å². The molecule has 1 fully saturated rings. The second-order valence-corrected chi connectivity index (χ2v) is 5.38. The molecule has 5 nitrogen and oxygen atoms in total. The van der Waals surface area contributed by atoms with E-state index in [0.29, 0.717) is 12.2 Å². The minimum atomic E-state index is 0.00393. The Labute approximate surface area is 120 Å². The van der Waals surface area contributed by atoms with E-state index in [9.17, 15) is 5.11 Å². The molecule has 0 aromatic heterocycles. The molecule has 1 aliphatic heterocycles. The summed E-state index contributed by atoms with van der Waals surface area (Å²) >= 11 is 0. The van der Waals surface area contributed by atoms with E-state index >= 15 is 0 Å². The second-order valence-electron chi connectivity index (χ2n) is 5.38. The number of phenolic OH excluding ortho intramolecular Hbond substituents is 1. The number of rotatable bonds is 5. The smallest absolute Gasteiger partial charge is 0.161 e. The maximum atomic E-state index is 10.2. The molecule has 112 valence electrons. The van der Waals surface area contributed by atoms with Crippen molar-refractivity contribution in [3.63, 3.8) is 0 Å². The van der Waals surface area contributed by atoms with Crippen molar-refractivity contribution in [3.8, 4) is 11.5 Å². The zero-order chi connectivity index (χ0) is 14.5. The van der Waals surface area contributed by atoms with E-state index in [2.05, 4.69) is 4.90 Å². The molecule has 2 rings (SSSR count). The highest BCUT2D eigenvalue weighted by molar-refractivity contribution is 5.48. The Bertz CT molecular complexity index is 443. The highest BCUT2D eigenvalue weighted by Gasteiger charge is 2.15. The number of hydrogen-bond acceptors (Lipinski definition) is 5. The summed E-state index contributed by atoms with van der Waals surface area (Å²) in [5.41, 5.74) is 7.83. The van der Waals surface area contributed by atoms with Crippen LogP contribution in [0.25, 0.3) is 0 Å². The standard InChI is InChI=1S/C15H24N2O3/c1-11(16)7-13-8-12(9-14(19-2)15(13)18)10-17-3-5-20-6-4-17/h8-9,11,18H,3-7,10,16H2,1-2H3. The van der Waals surface area contributed by atoms with E-state index in [1.807, 2.05) is 19.1 Å². The molecule has 1 saturated heterocycles. The van der Waals surface area contributed by atoms with Gasteiger partial charge in [0.2, 0.25) is 0 Å². The number of nitrogens with two attached hydrogens (primary N) is 1. The largest absolute Gasteiger partial charge is 0.504 e. The van der Waals surface area contributed by atoms with Crippen LogP contribution in [0.5, 0.6) is 11.5 Å². The zero-order valence-electron chi connectivity index (χ0n) is 12.3. The van der Waals surface area contributed by atoms with Crippen LogP contribution in [0, 0.1) is 0 Å². The van der Waals surface area contributed by atoms with Crippen molar-refractivity contribution < 1.29 is 14.6 Å². The third-order valence-corrected chi connectivity index (χ3v) is 3.49. The van der Waals surface area contributed by atoms with Gasteiger partial charge in [-0.1, -0.05) is 6.07 Å². The van der Waals surface area contributed by atoms with Gasteiger partial charge in [0.05, 0.1) is 20.3 Å². The van der Waals surface area contributed by atoms with Gasteiger partial charge in [0.1, 0.15) is 0 Å². The average molecular weight is 280 g/mol. The second kappa shape index (κ2) is 6.92. The molecule has 1 aliphatic rings. The fraction of sp³-hybridized carbons (Fsp3) is 0.600. The highest BCUT2D eigenvalue weighted by Crippen LogP contribution is 2.32. The van der Waals surface area contributed by atoms with Gasteiger partial charge in [-0.2, -0.15) is 0 Å². The van der Waals surface area contributed by atoms with Crippen LogP contribution in [0.1, 0.15) is 18.1 Å². The minimum absolute atomic E-state index is 0.00393. The molecule has 0 amide bonds. The Kier molecular flexibility index (Phi) is 5.23. The number of ether oxygens (including phenoxy) is 2. The van der Waals surface area contributed by atoms with Crippen LogP contribution < -0.4 is 10.5 Å². The Hall–Kier alpha value is -1.30. The summed E-state index contributed by atoms with van der Waals surface area (Å²) in [4.78, 5) is 2.34. The van der Waals surface area contributed by atoms with E-state index < -0.39 is 0 Å². The van der Waals surface area contributed by atoms with Crippen LogP contribution in [0.3, 0.4) is 0 Å². The topological polar surface area (TPSA) is 68.0 Å². The van der Waals surface area contributed by atoms with Crippen LogP contribution in [-0.4, -0.2) is 49.5 Å². The van der Waals surface area contributed by atoms with Gasteiger partial charge in [-0.15, -0.1) is 0 Å². The SMILES string of the molecule is COc1cc(CN2CCOCC2)cc(CC(C)N)c1O. The lowest BCUT2D eigenvalue weighted by atomic mass is 10.0. The van der Waals surface area contributed by atoms with Gasteiger partial charge in [-0.25, -0.2) is 0 Å². The van der Waals surface area contributed by atoms with Crippen molar-refractivity contribution in [1.29, 1.82) is 0 Å². The number of hydrogen-bond donors (Lipinski definition) is 2. The van der Waals surface area contributed by atoms with E-state index in [0.717, 1.165) is 44.0 Å². The van der Waals surface area contributed by atoms with Gasteiger partial charge in [-0.05, 0) is 30.5 Å². The van der Waals surface area contributed by atoms with Crippen molar-refractivity contribution in [1.82, 2.24) is 4.90 Å². The van der Waals surface area contributed by atoms with Crippen molar-refractivity contribution in [3.05, 3.63) is 23.3 Å². The van der Waals surface area contributed by atoms with Gasteiger partial charge in [0.25, 0.3) is 0 Å². The van der Waals surface area contributed by atoms with E-state index in [-0.39, 0.29) is 11.8 Å². The number of morpholine rings is 1. The molecule has 1 heterocycles. The summed E-state index contributed by atoms with van der Waals surface area (Å²) in [6.45, 7) is 6.20. The first-order valence-electron chi connectivity index (χ1n) is 7.04. The molecule has 1 atom stereocenters. The number of aromatic hydroxyl groups is 1. The third-order valence-electron chi connectivity index (χ3n) is 3.49. The van der Waals surface area contributed by atoms with E-state index in [4.69, 9.17) is 15.2 Å². The Balaban J connectivity index is 2.18. The van der Waals surface area contributed by atoms with Gasteiger partial charge in [-0.3, -0.25) is 4.90 Å². The number of benzene rings is 1. The van der Waals surface area contributed by atoms with Crippen molar-refractivity contribution in [2.45, 2.75) is 25.9 Å². The first kappa shape index (κ1) is 15.1. The van der Waals surface area contributed by atoms with Crippen molar-refractivity contribution in [2.75, 3.05) is 33.4 Å². The average Bonchev–Trinajstić information content (AvgIpc) is 2.43.